The number of para-hydroxylation sites is 1. The van der Waals surface area contributed by atoms with E-state index in [1.165, 1.54) is 0 Å². The molecule has 9 heteroatoms. The van der Waals surface area contributed by atoms with Crippen LogP contribution in [-0.4, -0.2) is 46.1 Å². The first kappa shape index (κ1) is 21.5. The summed E-state index contributed by atoms with van der Waals surface area (Å²) in [6.07, 6.45) is 4.45. The maximum absolute atomic E-state index is 12.6. The molecule has 0 saturated carbocycles. The Kier molecular flexibility index (Phi) is 6.86. The van der Waals surface area contributed by atoms with Gasteiger partial charge in [0.05, 0.1) is 24.8 Å². The molecule has 1 heterocycles. The van der Waals surface area contributed by atoms with Gasteiger partial charge in [-0.2, -0.15) is 4.31 Å². The molecule has 1 unspecified atom stereocenters. The number of aromatic amines is 1. The number of rotatable bonds is 10. The van der Waals surface area contributed by atoms with E-state index in [4.69, 9.17) is 0 Å². The fraction of sp³-hybridized carbons (Fsp3) is 0.238. The van der Waals surface area contributed by atoms with Gasteiger partial charge in [0, 0.05) is 18.4 Å². The fourth-order valence-corrected chi connectivity index (χ4v) is 4.18. The Balaban J connectivity index is 1.86. The highest BCUT2D eigenvalue weighted by atomic mass is 32.2. The van der Waals surface area contributed by atoms with E-state index in [2.05, 4.69) is 15.3 Å². The Bertz CT molecular complexity index is 1070. The lowest BCUT2D eigenvalue weighted by Crippen LogP contribution is -2.45. The number of hydrogen-bond donors (Lipinski definition) is 3. The van der Waals surface area contributed by atoms with Gasteiger partial charge in [-0.15, -0.1) is 0 Å². The molecule has 1 aromatic heterocycles. The summed E-state index contributed by atoms with van der Waals surface area (Å²) in [6.45, 7) is 0.387. The van der Waals surface area contributed by atoms with Gasteiger partial charge in [-0.1, -0.05) is 48.5 Å². The maximum Gasteiger partial charge on any atom is 0.322 e. The largest absolute Gasteiger partial charge is 0.480 e. The molecule has 8 nitrogen and oxygen atoms in total. The summed E-state index contributed by atoms with van der Waals surface area (Å²) in [5.74, 6) is -1.19. The Labute approximate surface area is 175 Å². The zero-order valence-corrected chi connectivity index (χ0v) is 17.3. The lowest BCUT2D eigenvalue weighted by atomic mass is 10.1. The SMILES string of the molecule is CS(=O)(=O)N(Cc1ccccc1NCc1c[nH]cn1)C(Cc1ccccc1)C(=O)O. The summed E-state index contributed by atoms with van der Waals surface area (Å²) < 4.78 is 26.2. The number of anilines is 1. The molecule has 3 aromatic rings. The van der Waals surface area contributed by atoms with E-state index >= 15 is 0 Å². The van der Waals surface area contributed by atoms with Crippen LogP contribution in [0.2, 0.25) is 0 Å². The Morgan fingerprint density at radius 1 is 1.17 bits per heavy atom. The first-order valence-electron chi connectivity index (χ1n) is 9.37. The van der Waals surface area contributed by atoms with Crippen molar-refractivity contribution in [1.29, 1.82) is 0 Å². The van der Waals surface area contributed by atoms with Crippen molar-refractivity contribution in [3.8, 4) is 0 Å². The minimum Gasteiger partial charge on any atom is -0.480 e. The third-order valence-corrected chi connectivity index (χ3v) is 5.92. The van der Waals surface area contributed by atoms with Crippen molar-refractivity contribution in [2.45, 2.75) is 25.6 Å². The summed E-state index contributed by atoms with van der Waals surface area (Å²) in [5, 5.41) is 13.0. The number of carboxylic acids is 1. The van der Waals surface area contributed by atoms with Gasteiger partial charge in [0.1, 0.15) is 6.04 Å². The molecule has 0 aliphatic rings. The predicted molar refractivity (Wildman–Crippen MR) is 114 cm³/mol. The van der Waals surface area contributed by atoms with Crippen molar-refractivity contribution < 1.29 is 18.3 Å². The topological polar surface area (TPSA) is 115 Å². The second-order valence-electron chi connectivity index (χ2n) is 6.92. The molecule has 0 fully saturated rings. The van der Waals surface area contributed by atoms with Gasteiger partial charge in [-0.25, -0.2) is 13.4 Å². The number of aliphatic carboxylic acids is 1. The highest BCUT2D eigenvalue weighted by Gasteiger charge is 2.33. The highest BCUT2D eigenvalue weighted by molar-refractivity contribution is 7.88. The number of imidazole rings is 1. The number of nitrogens with one attached hydrogen (secondary N) is 2. The number of aromatic nitrogens is 2. The average molecular weight is 429 g/mol. The van der Waals surface area contributed by atoms with Gasteiger partial charge in [-0.3, -0.25) is 4.79 Å². The van der Waals surface area contributed by atoms with Crippen LogP contribution >= 0.6 is 0 Å². The number of carboxylic acid groups (broad SMARTS) is 1. The molecule has 158 valence electrons. The van der Waals surface area contributed by atoms with Gasteiger partial charge < -0.3 is 15.4 Å². The minimum absolute atomic E-state index is 0.0631. The molecule has 3 rings (SSSR count). The number of carbonyl (C=O) groups is 1. The van der Waals surface area contributed by atoms with Crippen molar-refractivity contribution in [3.05, 3.63) is 83.9 Å². The van der Waals surface area contributed by atoms with Gasteiger partial charge in [0.25, 0.3) is 0 Å². The second-order valence-corrected chi connectivity index (χ2v) is 8.86. The molecule has 0 saturated heterocycles. The zero-order valence-electron chi connectivity index (χ0n) is 16.5. The summed E-state index contributed by atoms with van der Waals surface area (Å²) in [6, 6.07) is 15.0. The Morgan fingerprint density at radius 2 is 1.87 bits per heavy atom. The van der Waals surface area contributed by atoms with Crippen LogP contribution < -0.4 is 5.32 Å². The molecule has 2 aromatic carbocycles. The van der Waals surface area contributed by atoms with Crippen molar-refractivity contribution in [3.63, 3.8) is 0 Å². The molecule has 0 spiro atoms. The van der Waals surface area contributed by atoms with E-state index in [9.17, 15) is 18.3 Å². The van der Waals surface area contributed by atoms with E-state index in [0.29, 0.717) is 12.1 Å². The average Bonchev–Trinajstić information content (AvgIpc) is 3.23. The third-order valence-electron chi connectivity index (χ3n) is 4.69. The minimum atomic E-state index is -3.79. The lowest BCUT2D eigenvalue weighted by molar-refractivity contribution is -0.141. The van der Waals surface area contributed by atoms with Crippen LogP contribution in [0.15, 0.2) is 67.1 Å². The van der Waals surface area contributed by atoms with Crippen molar-refractivity contribution >= 4 is 21.7 Å². The number of H-pyrrole nitrogens is 1. The molecule has 0 aliphatic heterocycles. The molecule has 0 radical (unpaired) electrons. The summed E-state index contributed by atoms with van der Waals surface area (Å²) in [4.78, 5) is 19.1. The molecule has 30 heavy (non-hydrogen) atoms. The van der Waals surface area contributed by atoms with E-state index in [1.54, 1.807) is 48.9 Å². The van der Waals surface area contributed by atoms with Gasteiger partial charge in [0.15, 0.2) is 0 Å². The van der Waals surface area contributed by atoms with Gasteiger partial charge in [0.2, 0.25) is 10.0 Å². The lowest BCUT2D eigenvalue weighted by Gasteiger charge is -2.28. The van der Waals surface area contributed by atoms with Crippen molar-refractivity contribution in [1.82, 2.24) is 14.3 Å². The monoisotopic (exact) mass is 428 g/mol. The van der Waals surface area contributed by atoms with E-state index < -0.39 is 22.0 Å². The molecule has 1 atom stereocenters. The summed E-state index contributed by atoms with van der Waals surface area (Å²) in [5.41, 5.74) is 2.96. The summed E-state index contributed by atoms with van der Waals surface area (Å²) >= 11 is 0. The molecule has 0 bridgehead atoms. The Morgan fingerprint density at radius 3 is 2.50 bits per heavy atom. The zero-order chi connectivity index (χ0) is 21.6. The van der Waals surface area contributed by atoms with Crippen LogP contribution in [0.25, 0.3) is 0 Å². The molecular weight excluding hydrogens is 404 g/mol. The van der Waals surface area contributed by atoms with Crippen LogP contribution in [0.3, 0.4) is 0 Å². The number of hydrogen-bond acceptors (Lipinski definition) is 5. The van der Waals surface area contributed by atoms with Crippen LogP contribution in [0, 0.1) is 0 Å². The number of benzene rings is 2. The third kappa shape index (κ3) is 5.68. The van der Waals surface area contributed by atoms with Crippen molar-refractivity contribution in [2.75, 3.05) is 11.6 Å². The van der Waals surface area contributed by atoms with E-state index in [1.807, 2.05) is 18.2 Å². The van der Waals surface area contributed by atoms with Crippen LogP contribution in [0.1, 0.15) is 16.8 Å². The van der Waals surface area contributed by atoms with Gasteiger partial charge >= 0.3 is 5.97 Å². The first-order chi connectivity index (χ1) is 14.3. The summed E-state index contributed by atoms with van der Waals surface area (Å²) in [7, 11) is -3.79. The second kappa shape index (κ2) is 9.55. The number of sulfonamides is 1. The first-order valence-corrected chi connectivity index (χ1v) is 11.2. The Hall–Kier alpha value is -3.17. The molecule has 0 amide bonds. The molecule has 0 aliphatic carbocycles. The smallest absolute Gasteiger partial charge is 0.322 e. The van der Waals surface area contributed by atoms with E-state index in [0.717, 1.165) is 27.5 Å². The quantitative estimate of drug-likeness (QED) is 0.457. The molecule has 3 N–H and O–H groups in total. The number of nitrogens with zero attached hydrogens (tertiary/aromatic N) is 2. The molecular formula is C21H24N4O4S. The van der Waals surface area contributed by atoms with Crippen LogP contribution in [0.4, 0.5) is 5.69 Å². The van der Waals surface area contributed by atoms with Crippen LogP contribution in [0.5, 0.6) is 0 Å². The predicted octanol–water partition coefficient (Wildman–Crippen LogP) is 2.48. The maximum atomic E-state index is 12.6. The van der Waals surface area contributed by atoms with E-state index in [-0.39, 0.29) is 13.0 Å². The highest BCUT2D eigenvalue weighted by Crippen LogP contribution is 2.22. The van der Waals surface area contributed by atoms with Crippen LogP contribution in [-0.2, 0) is 34.3 Å². The fourth-order valence-electron chi connectivity index (χ4n) is 3.18. The van der Waals surface area contributed by atoms with Gasteiger partial charge in [-0.05, 0) is 23.6 Å². The normalized spacial score (nSPS) is 12.6. The van der Waals surface area contributed by atoms with Crippen molar-refractivity contribution in [2.24, 2.45) is 0 Å². The standard InChI is InChI=1S/C21H24N4O4S/c1-30(28,29)25(20(21(26)27)11-16-7-3-2-4-8-16)14-17-9-5-6-10-19(17)23-13-18-12-22-15-24-18/h2-10,12,15,20,23H,11,13-14H2,1H3,(H,22,24)(H,26,27).